The van der Waals surface area contributed by atoms with Gasteiger partial charge in [0, 0.05) is 11.3 Å². The molecule has 1 aromatic heterocycles. The first kappa shape index (κ1) is 20.4. The third-order valence-electron chi connectivity index (χ3n) is 6.07. The number of hydrogen-bond donors (Lipinski definition) is 3. The van der Waals surface area contributed by atoms with Crippen LogP contribution in [0.2, 0.25) is 0 Å². The summed E-state index contributed by atoms with van der Waals surface area (Å²) in [5.41, 5.74) is 3.58. The number of ether oxygens (including phenoxy) is 3. The first-order chi connectivity index (χ1) is 14.5. The van der Waals surface area contributed by atoms with Crippen molar-refractivity contribution < 1.29 is 33.6 Å². The van der Waals surface area contributed by atoms with Crippen LogP contribution in [0.1, 0.15) is 37.7 Å². The van der Waals surface area contributed by atoms with Gasteiger partial charge in [-0.1, -0.05) is 0 Å². The highest BCUT2D eigenvalue weighted by molar-refractivity contribution is 6.01. The van der Waals surface area contributed by atoms with Crippen molar-refractivity contribution in [2.75, 3.05) is 46.6 Å². The highest BCUT2D eigenvalue weighted by Crippen LogP contribution is 2.32. The van der Waals surface area contributed by atoms with Crippen molar-refractivity contribution in [3.05, 3.63) is 46.3 Å². The number of benzene rings is 1. The standard InChI is InChI=1S/C22H27N3O5/c1-14-20(22(27)28-3)15(2)23-21(14)17(26)12-25-8-6-24(7-9-25)11-16-4-5-18-19(10-16)30-13-29-18/h4-5,10,23H,6-9,11-13H2,1-3H3/p+2. The maximum atomic E-state index is 12.9. The topological polar surface area (TPSA) is 86.5 Å². The molecule has 1 saturated heterocycles. The number of aromatic nitrogens is 1. The Hall–Kier alpha value is -2.84. The number of Topliss-reactive ketones (excluding diaryl/α,β-unsaturated/α-hetero) is 1. The average Bonchev–Trinajstić information content (AvgIpc) is 3.32. The highest BCUT2D eigenvalue weighted by atomic mass is 16.7. The van der Waals surface area contributed by atoms with Crippen molar-refractivity contribution in [1.82, 2.24) is 4.98 Å². The molecule has 3 N–H and O–H groups in total. The second-order valence-corrected chi connectivity index (χ2v) is 8.08. The van der Waals surface area contributed by atoms with E-state index in [2.05, 4.69) is 17.1 Å². The summed E-state index contributed by atoms with van der Waals surface area (Å²) >= 11 is 0. The Labute approximate surface area is 175 Å². The Bertz CT molecular complexity index is 960. The van der Waals surface area contributed by atoms with Gasteiger partial charge in [-0.3, -0.25) is 4.79 Å². The maximum Gasteiger partial charge on any atom is 0.339 e. The quantitative estimate of drug-likeness (QED) is 0.430. The Morgan fingerprint density at radius 2 is 1.77 bits per heavy atom. The number of carbonyl (C=O) groups is 2. The molecule has 3 heterocycles. The van der Waals surface area contributed by atoms with E-state index in [-0.39, 0.29) is 5.78 Å². The molecule has 0 aliphatic carbocycles. The zero-order valence-electron chi connectivity index (χ0n) is 17.7. The van der Waals surface area contributed by atoms with Gasteiger partial charge in [0.1, 0.15) is 39.3 Å². The number of carbonyl (C=O) groups excluding carboxylic acids is 2. The minimum Gasteiger partial charge on any atom is -0.465 e. The number of H-pyrrole nitrogens is 1. The molecule has 0 radical (unpaired) electrons. The van der Waals surface area contributed by atoms with Gasteiger partial charge in [0.25, 0.3) is 0 Å². The SMILES string of the molecule is COC(=O)c1c(C)[nH]c(C(=O)C[NH+]2CC[NH+](Cc3ccc4c(c3)OCO4)CC2)c1C. The van der Waals surface area contributed by atoms with Crippen molar-refractivity contribution >= 4 is 11.8 Å². The summed E-state index contributed by atoms with van der Waals surface area (Å²) in [6, 6.07) is 6.13. The van der Waals surface area contributed by atoms with Crippen LogP contribution in [0.5, 0.6) is 11.5 Å². The first-order valence-corrected chi connectivity index (χ1v) is 10.3. The molecule has 1 fully saturated rings. The number of rotatable bonds is 6. The molecule has 160 valence electrons. The van der Waals surface area contributed by atoms with Gasteiger partial charge in [0.2, 0.25) is 12.6 Å². The number of methoxy groups -OCH3 is 1. The van der Waals surface area contributed by atoms with Gasteiger partial charge in [-0.2, -0.15) is 0 Å². The molecule has 1 aromatic carbocycles. The third kappa shape index (κ3) is 4.06. The number of hydrogen-bond acceptors (Lipinski definition) is 5. The van der Waals surface area contributed by atoms with E-state index in [1.54, 1.807) is 13.8 Å². The molecule has 2 aromatic rings. The number of fused-ring (bicyclic) bond motifs is 1. The van der Waals surface area contributed by atoms with E-state index in [0.717, 1.165) is 44.2 Å². The molecule has 0 spiro atoms. The largest absolute Gasteiger partial charge is 0.465 e. The first-order valence-electron chi connectivity index (χ1n) is 10.3. The van der Waals surface area contributed by atoms with Gasteiger partial charge in [-0.15, -0.1) is 0 Å². The lowest BCUT2D eigenvalue weighted by Gasteiger charge is -2.29. The van der Waals surface area contributed by atoms with Crippen LogP contribution < -0.4 is 19.3 Å². The van der Waals surface area contributed by atoms with Gasteiger partial charge in [0.15, 0.2) is 11.5 Å². The summed E-state index contributed by atoms with van der Waals surface area (Å²) in [5, 5.41) is 0. The fraction of sp³-hybridized carbons (Fsp3) is 0.455. The van der Waals surface area contributed by atoms with Gasteiger partial charge < -0.3 is 29.0 Å². The van der Waals surface area contributed by atoms with Crippen molar-refractivity contribution in [1.29, 1.82) is 0 Å². The number of aryl methyl sites for hydroxylation is 1. The van der Waals surface area contributed by atoms with E-state index in [9.17, 15) is 9.59 Å². The van der Waals surface area contributed by atoms with E-state index in [1.807, 2.05) is 6.07 Å². The molecule has 4 rings (SSSR count). The lowest BCUT2D eigenvalue weighted by molar-refractivity contribution is -1.01. The van der Waals surface area contributed by atoms with E-state index >= 15 is 0 Å². The molecule has 0 unspecified atom stereocenters. The monoisotopic (exact) mass is 415 g/mol. The second-order valence-electron chi connectivity index (χ2n) is 8.08. The van der Waals surface area contributed by atoms with Crippen LogP contribution in [0.15, 0.2) is 18.2 Å². The predicted octanol–water partition coefficient (Wildman–Crippen LogP) is -0.687. The van der Waals surface area contributed by atoms with Gasteiger partial charge in [-0.25, -0.2) is 4.79 Å². The molecule has 2 aliphatic heterocycles. The van der Waals surface area contributed by atoms with Crippen molar-refractivity contribution in [2.24, 2.45) is 0 Å². The molecule has 30 heavy (non-hydrogen) atoms. The van der Waals surface area contributed by atoms with Crippen LogP contribution >= 0.6 is 0 Å². The molecule has 0 atom stereocenters. The predicted molar refractivity (Wildman–Crippen MR) is 108 cm³/mol. The molecule has 2 aliphatic rings. The molecule has 0 amide bonds. The van der Waals surface area contributed by atoms with Crippen LogP contribution in [0.25, 0.3) is 0 Å². The third-order valence-corrected chi connectivity index (χ3v) is 6.07. The smallest absolute Gasteiger partial charge is 0.339 e. The van der Waals surface area contributed by atoms with Crippen LogP contribution in [0, 0.1) is 13.8 Å². The van der Waals surface area contributed by atoms with Crippen LogP contribution in [0.3, 0.4) is 0 Å². The Kier molecular flexibility index (Phi) is 5.78. The molecular formula is C22H29N3O5+2. The van der Waals surface area contributed by atoms with E-state index in [1.165, 1.54) is 22.5 Å². The molecule has 8 heteroatoms. The number of piperazine rings is 1. The Morgan fingerprint density at radius 3 is 2.50 bits per heavy atom. The molecule has 0 bridgehead atoms. The summed E-state index contributed by atoms with van der Waals surface area (Å²) in [5.74, 6) is 1.27. The highest BCUT2D eigenvalue weighted by Gasteiger charge is 2.28. The minimum absolute atomic E-state index is 0.0416. The molecular weight excluding hydrogens is 386 g/mol. The van der Waals surface area contributed by atoms with Gasteiger partial charge >= 0.3 is 5.97 Å². The normalized spacial score (nSPS) is 20.2. The number of nitrogens with one attached hydrogen (secondary N) is 3. The maximum absolute atomic E-state index is 12.9. The van der Waals surface area contributed by atoms with Crippen molar-refractivity contribution in [3.8, 4) is 11.5 Å². The van der Waals surface area contributed by atoms with Crippen molar-refractivity contribution in [3.63, 3.8) is 0 Å². The van der Waals surface area contributed by atoms with E-state index < -0.39 is 5.97 Å². The summed E-state index contributed by atoms with van der Waals surface area (Å²) in [7, 11) is 1.35. The van der Waals surface area contributed by atoms with Crippen LogP contribution in [0.4, 0.5) is 0 Å². The lowest BCUT2D eigenvalue weighted by atomic mass is 10.1. The van der Waals surface area contributed by atoms with Crippen molar-refractivity contribution in [2.45, 2.75) is 20.4 Å². The zero-order valence-corrected chi connectivity index (χ0v) is 17.7. The Balaban J connectivity index is 1.32. The molecule has 0 saturated carbocycles. The summed E-state index contributed by atoms with van der Waals surface area (Å²) in [6.07, 6.45) is 0. The zero-order chi connectivity index (χ0) is 21.3. The number of esters is 1. The lowest BCUT2D eigenvalue weighted by Crippen LogP contribution is -3.27. The number of aromatic amines is 1. The minimum atomic E-state index is -0.409. The van der Waals surface area contributed by atoms with E-state index in [0.29, 0.717) is 35.9 Å². The average molecular weight is 415 g/mol. The second kappa shape index (κ2) is 8.49. The van der Waals surface area contributed by atoms with Crippen LogP contribution in [-0.4, -0.2) is 63.4 Å². The van der Waals surface area contributed by atoms with Crippen LogP contribution in [-0.2, 0) is 11.3 Å². The van der Waals surface area contributed by atoms with E-state index in [4.69, 9.17) is 14.2 Å². The molecule has 8 nitrogen and oxygen atoms in total. The summed E-state index contributed by atoms with van der Waals surface area (Å²) in [6.45, 7) is 9.15. The number of ketones is 1. The fourth-order valence-corrected chi connectivity index (χ4v) is 4.40. The number of quaternary nitrogens is 2. The summed E-state index contributed by atoms with van der Waals surface area (Å²) in [4.78, 5) is 30.7. The fourth-order valence-electron chi connectivity index (χ4n) is 4.40. The summed E-state index contributed by atoms with van der Waals surface area (Å²) < 4.78 is 15.7. The van der Waals surface area contributed by atoms with Gasteiger partial charge in [0.05, 0.1) is 18.4 Å². The van der Waals surface area contributed by atoms with Gasteiger partial charge in [-0.05, 0) is 37.6 Å². The Morgan fingerprint density at radius 1 is 1.07 bits per heavy atom.